The molecular weight excluding hydrogens is 338 g/mol. The van der Waals surface area contributed by atoms with Gasteiger partial charge < -0.3 is 9.47 Å². The van der Waals surface area contributed by atoms with E-state index in [1.807, 2.05) is 25.1 Å². The molecule has 2 rings (SSSR count). The standard InChI is InChI=1S/C15H14BrNO4/c1-3-20-15-9-11(5-6-13(15)17(18)19)21-14-7-4-10(2)8-12(14)16/h4-9H,3H2,1-2H3. The third-order valence-electron chi connectivity index (χ3n) is 2.74. The molecule has 0 amide bonds. The highest BCUT2D eigenvalue weighted by molar-refractivity contribution is 9.10. The second-order valence-corrected chi connectivity index (χ2v) is 5.21. The number of rotatable bonds is 5. The van der Waals surface area contributed by atoms with Gasteiger partial charge in [-0.05, 0) is 53.5 Å². The minimum Gasteiger partial charge on any atom is -0.487 e. The lowest BCUT2D eigenvalue weighted by Gasteiger charge is -2.10. The fraction of sp³-hybridized carbons (Fsp3) is 0.200. The Balaban J connectivity index is 2.32. The van der Waals surface area contributed by atoms with Crippen molar-refractivity contribution >= 4 is 21.6 Å². The third-order valence-corrected chi connectivity index (χ3v) is 3.36. The molecule has 0 aliphatic heterocycles. The number of hydrogen-bond donors (Lipinski definition) is 0. The van der Waals surface area contributed by atoms with Crippen molar-refractivity contribution in [2.75, 3.05) is 6.61 Å². The predicted molar refractivity (Wildman–Crippen MR) is 83.2 cm³/mol. The molecule has 2 aromatic carbocycles. The number of benzene rings is 2. The van der Waals surface area contributed by atoms with Crippen LogP contribution in [0.1, 0.15) is 12.5 Å². The third kappa shape index (κ3) is 3.72. The van der Waals surface area contributed by atoms with E-state index in [0.717, 1.165) is 10.0 Å². The molecule has 0 N–H and O–H groups in total. The normalized spacial score (nSPS) is 10.2. The summed E-state index contributed by atoms with van der Waals surface area (Å²) in [6, 6.07) is 10.1. The molecule has 110 valence electrons. The summed E-state index contributed by atoms with van der Waals surface area (Å²) in [7, 11) is 0. The maximum Gasteiger partial charge on any atom is 0.311 e. The van der Waals surface area contributed by atoms with Crippen molar-refractivity contribution in [1.82, 2.24) is 0 Å². The summed E-state index contributed by atoms with van der Waals surface area (Å²) in [4.78, 5) is 10.5. The summed E-state index contributed by atoms with van der Waals surface area (Å²) in [5, 5.41) is 10.9. The SMILES string of the molecule is CCOc1cc(Oc2ccc(C)cc2Br)ccc1[N+](=O)[O-]. The molecule has 0 saturated heterocycles. The molecule has 0 aliphatic carbocycles. The van der Waals surface area contributed by atoms with Crippen LogP contribution in [0.5, 0.6) is 17.2 Å². The second-order valence-electron chi connectivity index (χ2n) is 4.36. The fourth-order valence-corrected chi connectivity index (χ4v) is 2.37. The Morgan fingerprint density at radius 1 is 1.19 bits per heavy atom. The van der Waals surface area contributed by atoms with Crippen molar-refractivity contribution in [3.05, 3.63) is 56.5 Å². The van der Waals surface area contributed by atoms with Crippen molar-refractivity contribution in [2.24, 2.45) is 0 Å². The highest BCUT2D eigenvalue weighted by Crippen LogP contribution is 2.35. The molecule has 0 bridgehead atoms. The van der Waals surface area contributed by atoms with Crippen molar-refractivity contribution < 1.29 is 14.4 Å². The molecule has 0 unspecified atom stereocenters. The van der Waals surface area contributed by atoms with Crippen molar-refractivity contribution in [2.45, 2.75) is 13.8 Å². The smallest absolute Gasteiger partial charge is 0.311 e. The fourth-order valence-electron chi connectivity index (χ4n) is 1.80. The number of ether oxygens (including phenoxy) is 2. The molecule has 0 fully saturated rings. The van der Waals surface area contributed by atoms with Gasteiger partial charge in [0.05, 0.1) is 16.0 Å². The zero-order valence-corrected chi connectivity index (χ0v) is 13.2. The first-order chi connectivity index (χ1) is 10.0. The zero-order valence-electron chi connectivity index (χ0n) is 11.6. The molecular formula is C15H14BrNO4. The number of nitrogens with zero attached hydrogens (tertiary/aromatic N) is 1. The number of halogens is 1. The van der Waals surface area contributed by atoms with Crippen LogP contribution < -0.4 is 9.47 Å². The maximum atomic E-state index is 10.9. The van der Waals surface area contributed by atoms with Crippen LogP contribution in [0.2, 0.25) is 0 Å². The van der Waals surface area contributed by atoms with Crippen LogP contribution in [0, 0.1) is 17.0 Å². The van der Waals surface area contributed by atoms with Gasteiger partial charge in [0, 0.05) is 12.1 Å². The van der Waals surface area contributed by atoms with Gasteiger partial charge in [-0.1, -0.05) is 6.07 Å². The summed E-state index contributed by atoms with van der Waals surface area (Å²) in [5.74, 6) is 1.31. The Morgan fingerprint density at radius 2 is 1.95 bits per heavy atom. The summed E-state index contributed by atoms with van der Waals surface area (Å²) in [6.07, 6.45) is 0. The monoisotopic (exact) mass is 351 g/mol. The summed E-state index contributed by atoms with van der Waals surface area (Å²) in [6.45, 7) is 4.10. The Morgan fingerprint density at radius 3 is 2.57 bits per heavy atom. The Labute approximate surface area is 130 Å². The summed E-state index contributed by atoms with van der Waals surface area (Å²) < 4.78 is 11.8. The van der Waals surface area contributed by atoms with Gasteiger partial charge in [0.15, 0.2) is 0 Å². The first-order valence-corrected chi connectivity index (χ1v) is 7.15. The predicted octanol–water partition coefficient (Wildman–Crippen LogP) is 4.86. The van der Waals surface area contributed by atoms with E-state index in [4.69, 9.17) is 9.47 Å². The van der Waals surface area contributed by atoms with Gasteiger partial charge in [-0.3, -0.25) is 10.1 Å². The lowest BCUT2D eigenvalue weighted by molar-refractivity contribution is -0.385. The molecule has 0 heterocycles. The molecule has 0 aliphatic rings. The highest BCUT2D eigenvalue weighted by Gasteiger charge is 2.16. The number of aryl methyl sites for hydroxylation is 1. The van der Waals surface area contributed by atoms with Crippen LogP contribution in [0.3, 0.4) is 0 Å². The number of nitro benzene ring substituents is 1. The summed E-state index contributed by atoms with van der Waals surface area (Å²) in [5.41, 5.74) is 1.03. The topological polar surface area (TPSA) is 61.6 Å². The quantitative estimate of drug-likeness (QED) is 0.570. The largest absolute Gasteiger partial charge is 0.487 e. The lowest BCUT2D eigenvalue weighted by atomic mass is 10.2. The van der Waals surface area contributed by atoms with Gasteiger partial charge in [-0.15, -0.1) is 0 Å². The van der Waals surface area contributed by atoms with Gasteiger partial charge in [0.25, 0.3) is 0 Å². The van der Waals surface area contributed by atoms with E-state index in [9.17, 15) is 10.1 Å². The minimum atomic E-state index is -0.476. The van der Waals surface area contributed by atoms with Gasteiger partial charge in [0.2, 0.25) is 5.75 Å². The maximum absolute atomic E-state index is 10.9. The van der Waals surface area contributed by atoms with Crippen molar-refractivity contribution in [1.29, 1.82) is 0 Å². The van der Waals surface area contributed by atoms with Crippen LogP contribution in [0.15, 0.2) is 40.9 Å². The van der Waals surface area contributed by atoms with Crippen LogP contribution in [0.4, 0.5) is 5.69 Å². The first kappa shape index (κ1) is 15.3. The summed E-state index contributed by atoms with van der Waals surface area (Å²) >= 11 is 3.43. The molecule has 0 radical (unpaired) electrons. The van der Waals surface area contributed by atoms with Gasteiger partial charge in [0.1, 0.15) is 11.5 Å². The Hall–Kier alpha value is -2.08. The van der Waals surface area contributed by atoms with E-state index in [-0.39, 0.29) is 11.4 Å². The van der Waals surface area contributed by atoms with Gasteiger partial charge in [-0.2, -0.15) is 0 Å². The molecule has 0 atom stereocenters. The number of nitro groups is 1. The molecule has 0 spiro atoms. The Bertz CT molecular complexity index is 673. The van der Waals surface area contributed by atoms with E-state index in [1.165, 1.54) is 12.1 Å². The molecule has 2 aromatic rings. The van der Waals surface area contributed by atoms with E-state index in [1.54, 1.807) is 13.0 Å². The lowest BCUT2D eigenvalue weighted by Crippen LogP contribution is -1.98. The van der Waals surface area contributed by atoms with E-state index in [2.05, 4.69) is 15.9 Å². The van der Waals surface area contributed by atoms with Crippen LogP contribution >= 0.6 is 15.9 Å². The molecule has 6 heteroatoms. The van der Waals surface area contributed by atoms with Crippen LogP contribution in [-0.4, -0.2) is 11.5 Å². The van der Waals surface area contributed by atoms with E-state index < -0.39 is 4.92 Å². The molecule has 0 saturated carbocycles. The van der Waals surface area contributed by atoms with Gasteiger partial charge in [-0.25, -0.2) is 0 Å². The second kappa shape index (κ2) is 6.58. The number of hydrogen-bond acceptors (Lipinski definition) is 4. The zero-order chi connectivity index (χ0) is 15.4. The molecule has 21 heavy (non-hydrogen) atoms. The van der Waals surface area contributed by atoms with Gasteiger partial charge >= 0.3 is 5.69 Å². The van der Waals surface area contributed by atoms with Crippen LogP contribution in [-0.2, 0) is 0 Å². The van der Waals surface area contributed by atoms with Crippen molar-refractivity contribution in [3.63, 3.8) is 0 Å². The Kier molecular flexibility index (Phi) is 4.80. The minimum absolute atomic E-state index is 0.0767. The van der Waals surface area contributed by atoms with Crippen molar-refractivity contribution in [3.8, 4) is 17.2 Å². The molecule has 0 aromatic heterocycles. The molecule has 5 nitrogen and oxygen atoms in total. The average molecular weight is 352 g/mol. The van der Waals surface area contributed by atoms with E-state index >= 15 is 0 Å². The first-order valence-electron chi connectivity index (χ1n) is 6.36. The van der Waals surface area contributed by atoms with Crippen LogP contribution in [0.25, 0.3) is 0 Å². The average Bonchev–Trinajstić information content (AvgIpc) is 2.42. The highest BCUT2D eigenvalue weighted by atomic mass is 79.9. The van der Waals surface area contributed by atoms with E-state index in [0.29, 0.717) is 18.1 Å².